The van der Waals surface area contributed by atoms with E-state index in [1.807, 2.05) is 0 Å². The van der Waals surface area contributed by atoms with Gasteiger partial charge in [-0.25, -0.2) is 0 Å². The Hall–Kier alpha value is -1.55. The van der Waals surface area contributed by atoms with Crippen LogP contribution in [0.5, 0.6) is 0 Å². The number of nitrogens with zero attached hydrogens (tertiary/aromatic N) is 1. The molecule has 0 bridgehead atoms. The van der Waals surface area contributed by atoms with Gasteiger partial charge in [0.1, 0.15) is 6.17 Å². The summed E-state index contributed by atoms with van der Waals surface area (Å²) in [6, 6.07) is 9.75. The maximum absolute atomic E-state index is 12.5. The van der Waals surface area contributed by atoms with Crippen molar-refractivity contribution in [1.29, 1.82) is 0 Å². The Morgan fingerprint density at radius 2 is 1.79 bits per heavy atom. The second-order valence-electron chi connectivity index (χ2n) is 5.48. The Kier molecular flexibility index (Phi) is 8.16. The predicted octanol–water partition coefficient (Wildman–Crippen LogP) is 5.31. The first-order valence-corrected chi connectivity index (χ1v) is 9.92. The smallest absolute Gasteiger partial charge is 0.270 e. The molecular weight excluding hydrogens is 506 g/mol. The van der Waals surface area contributed by atoms with Crippen LogP contribution in [0.2, 0.25) is 10.0 Å². The average molecular weight is 517 g/mol. The van der Waals surface area contributed by atoms with E-state index in [2.05, 4.69) is 16.0 Å². The molecule has 2 aromatic carbocycles. The monoisotopic (exact) mass is 514 g/mol. The number of nitrogens with one attached hydrogen (secondary N) is 3. The zero-order valence-corrected chi connectivity index (χ0v) is 18.7. The van der Waals surface area contributed by atoms with Crippen molar-refractivity contribution in [2.45, 2.75) is 9.96 Å². The van der Waals surface area contributed by atoms with Crippen LogP contribution in [-0.4, -0.2) is 25.9 Å². The van der Waals surface area contributed by atoms with Crippen molar-refractivity contribution in [3.63, 3.8) is 0 Å². The lowest BCUT2D eigenvalue weighted by Gasteiger charge is -2.28. The van der Waals surface area contributed by atoms with E-state index in [1.54, 1.807) is 12.1 Å². The fourth-order valence-electron chi connectivity index (χ4n) is 2.06. The Morgan fingerprint density at radius 1 is 1.10 bits per heavy atom. The molecule has 2 aromatic rings. The van der Waals surface area contributed by atoms with E-state index in [0.717, 1.165) is 6.07 Å². The third-order valence-electron chi connectivity index (χ3n) is 3.37. The number of hydrogen-bond acceptors (Lipinski definition) is 4. The molecule has 0 aliphatic rings. The molecule has 0 aromatic heterocycles. The first-order valence-electron chi connectivity index (χ1n) is 7.62. The van der Waals surface area contributed by atoms with Gasteiger partial charge in [0, 0.05) is 22.7 Å². The van der Waals surface area contributed by atoms with Gasteiger partial charge in [0.25, 0.3) is 11.6 Å². The number of alkyl halides is 3. The van der Waals surface area contributed by atoms with Crippen LogP contribution in [-0.2, 0) is 0 Å². The first-order chi connectivity index (χ1) is 13.5. The highest BCUT2D eigenvalue weighted by atomic mass is 35.6. The van der Waals surface area contributed by atoms with E-state index in [1.165, 1.54) is 24.3 Å². The highest BCUT2D eigenvalue weighted by Crippen LogP contribution is 2.30. The lowest BCUT2D eigenvalue weighted by atomic mass is 10.2. The zero-order chi connectivity index (χ0) is 21.8. The number of carbonyl (C=O) groups excluding carboxylic acids is 1. The van der Waals surface area contributed by atoms with Gasteiger partial charge in [-0.1, -0.05) is 64.1 Å². The van der Waals surface area contributed by atoms with E-state index in [-0.39, 0.29) is 16.4 Å². The molecule has 0 aliphatic carbocycles. The van der Waals surface area contributed by atoms with Crippen molar-refractivity contribution in [1.82, 2.24) is 10.6 Å². The number of rotatable bonds is 5. The van der Waals surface area contributed by atoms with Crippen molar-refractivity contribution >= 4 is 92.6 Å². The number of non-ortho nitro benzene ring substituents is 1. The van der Waals surface area contributed by atoms with Crippen LogP contribution in [0.3, 0.4) is 0 Å². The molecule has 1 atom stereocenters. The SMILES string of the molecule is O=C(N[C@@H](NC(=S)Nc1cc(Cl)ccc1Cl)C(Cl)(Cl)Cl)c1cccc([N+](=O)[O-])c1. The largest absolute Gasteiger partial charge is 0.339 e. The summed E-state index contributed by atoms with van der Waals surface area (Å²) < 4.78 is -2.01. The normalized spacial score (nSPS) is 12.0. The van der Waals surface area contributed by atoms with Gasteiger partial charge in [0.2, 0.25) is 3.79 Å². The molecule has 29 heavy (non-hydrogen) atoms. The van der Waals surface area contributed by atoms with Crippen LogP contribution in [0, 0.1) is 10.1 Å². The number of hydrogen-bond donors (Lipinski definition) is 3. The van der Waals surface area contributed by atoms with E-state index in [0.29, 0.717) is 15.7 Å². The summed E-state index contributed by atoms with van der Waals surface area (Å²) in [5.74, 6) is -0.721. The van der Waals surface area contributed by atoms with Gasteiger partial charge in [-0.05, 0) is 36.5 Å². The Balaban J connectivity index is 2.14. The maximum Gasteiger partial charge on any atom is 0.270 e. The van der Waals surface area contributed by atoms with Crippen molar-refractivity contribution in [3.05, 3.63) is 68.2 Å². The third kappa shape index (κ3) is 7.02. The lowest BCUT2D eigenvalue weighted by molar-refractivity contribution is -0.384. The van der Waals surface area contributed by atoms with Gasteiger partial charge in [-0.15, -0.1) is 0 Å². The van der Waals surface area contributed by atoms with E-state index >= 15 is 0 Å². The van der Waals surface area contributed by atoms with Crippen LogP contribution >= 0.6 is 70.2 Å². The van der Waals surface area contributed by atoms with Gasteiger partial charge in [0.15, 0.2) is 5.11 Å². The molecule has 0 saturated heterocycles. The molecule has 154 valence electrons. The molecule has 0 fully saturated rings. The number of halogens is 5. The second-order valence-corrected chi connectivity index (χ2v) is 9.10. The molecule has 0 radical (unpaired) electrons. The van der Waals surface area contributed by atoms with E-state index in [4.69, 9.17) is 70.2 Å². The Labute approximate surface area is 195 Å². The minimum absolute atomic E-state index is 0.00277. The van der Waals surface area contributed by atoms with Crippen molar-refractivity contribution in [3.8, 4) is 0 Å². The van der Waals surface area contributed by atoms with Crippen molar-refractivity contribution in [2.75, 3.05) is 5.32 Å². The second kappa shape index (κ2) is 9.97. The van der Waals surface area contributed by atoms with E-state index < -0.39 is 20.8 Å². The Morgan fingerprint density at radius 3 is 2.41 bits per heavy atom. The fourth-order valence-corrected chi connectivity index (χ4v) is 2.95. The summed E-state index contributed by atoms with van der Waals surface area (Å²) in [4.78, 5) is 22.7. The van der Waals surface area contributed by atoms with Crippen LogP contribution in [0.15, 0.2) is 42.5 Å². The highest BCUT2D eigenvalue weighted by Gasteiger charge is 2.35. The van der Waals surface area contributed by atoms with Gasteiger partial charge in [-0.3, -0.25) is 14.9 Å². The molecule has 0 aliphatic heterocycles. The number of anilines is 1. The summed E-state index contributed by atoms with van der Waals surface area (Å²) in [5.41, 5.74) is 0.130. The van der Waals surface area contributed by atoms with Crippen molar-refractivity contribution in [2.24, 2.45) is 0 Å². The van der Waals surface area contributed by atoms with Crippen LogP contribution in [0.4, 0.5) is 11.4 Å². The number of nitro benzene ring substituents is 1. The lowest BCUT2D eigenvalue weighted by Crippen LogP contribution is -2.56. The van der Waals surface area contributed by atoms with Crippen molar-refractivity contribution < 1.29 is 9.72 Å². The molecule has 1 amide bonds. The molecule has 0 unspecified atom stereocenters. The summed E-state index contributed by atoms with van der Waals surface area (Å²) in [5, 5.41) is 19.5. The summed E-state index contributed by atoms with van der Waals surface area (Å²) >= 11 is 34.9. The highest BCUT2D eigenvalue weighted by molar-refractivity contribution is 7.80. The van der Waals surface area contributed by atoms with Gasteiger partial charge < -0.3 is 16.0 Å². The predicted molar refractivity (Wildman–Crippen MR) is 120 cm³/mol. The number of thiocarbonyl (C=S) groups is 1. The molecule has 0 saturated carbocycles. The zero-order valence-electron chi connectivity index (χ0n) is 14.1. The molecule has 3 N–H and O–H groups in total. The standard InChI is InChI=1S/C16H11Cl5N4O3S/c17-9-4-5-11(18)12(7-9)22-15(29)24-14(16(19,20)21)23-13(26)8-2-1-3-10(6-8)25(27)28/h1-7,14H,(H,23,26)(H2,22,24,29)/t14-/m0/s1. The van der Waals surface area contributed by atoms with Gasteiger partial charge >= 0.3 is 0 Å². The summed E-state index contributed by atoms with van der Waals surface area (Å²) in [7, 11) is 0. The summed E-state index contributed by atoms with van der Waals surface area (Å²) in [6.07, 6.45) is -1.28. The first kappa shape index (κ1) is 23.7. The Bertz CT molecular complexity index is 954. The fraction of sp³-hybridized carbons (Fsp3) is 0.125. The van der Waals surface area contributed by atoms with Crippen LogP contribution in [0.1, 0.15) is 10.4 Å². The quantitative estimate of drug-likeness (QED) is 0.164. The minimum atomic E-state index is -2.01. The number of carbonyl (C=O) groups is 1. The third-order valence-corrected chi connectivity index (χ3v) is 4.81. The maximum atomic E-state index is 12.5. The molecule has 2 rings (SSSR count). The average Bonchev–Trinajstić information content (AvgIpc) is 2.63. The van der Waals surface area contributed by atoms with Gasteiger partial charge in [0.05, 0.1) is 15.6 Å². The number of amides is 1. The molecule has 0 spiro atoms. The summed E-state index contributed by atoms with van der Waals surface area (Å²) in [6.45, 7) is 0. The van der Waals surface area contributed by atoms with E-state index in [9.17, 15) is 14.9 Å². The van der Waals surface area contributed by atoms with Crippen LogP contribution < -0.4 is 16.0 Å². The topological polar surface area (TPSA) is 96.3 Å². The minimum Gasteiger partial charge on any atom is -0.339 e. The number of nitro groups is 1. The molecular formula is C16H11Cl5N4O3S. The molecule has 13 heteroatoms. The molecule has 7 nitrogen and oxygen atoms in total. The van der Waals surface area contributed by atoms with Gasteiger partial charge in [-0.2, -0.15) is 0 Å². The number of benzene rings is 2. The molecule has 0 heterocycles. The van der Waals surface area contributed by atoms with Crippen LogP contribution in [0.25, 0.3) is 0 Å².